The molecule has 1 aromatic rings. The molecule has 0 saturated carbocycles. The summed E-state index contributed by atoms with van der Waals surface area (Å²) in [5.74, 6) is 0. The molecule has 108 valence electrons. The Morgan fingerprint density at radius 1 is 1.68 bits per heavy atom. The van der Waals surface area contributed by atoms with Crippen LogP contribution in [-0.2, 0) is 16.0 Å². The van der Waals surface area contributed by atoms with Crippen LogP contribution < -0.4 is 5.32 Å². The van der Waals surface area contributed by atoms with Gasteiger partial charge in [0.25, 0.3) is 0 Å². The zero-order chi connectivity index (χ0) is 13.7. The van der Waals surface area contributed by atoms with Gasteiger partial charge in [0, 0.05) is 13.7 Å². The maximum absolute atomic E-state index is 5.73. The van der Waals surface area contributed by atoms with E-state index in [4.69, 9.17) is 9.47 Å². The molecule has 2 heterocycles. The molecule has 2 rings (SSSR count). The molecule has 2 unspecified atom stereocenters. The maximum Gasteiger partial charge on any atom is 0.0697 e. The Kier molecular flexibility index (Phi) is 5.81. The smallest absolute Gasteiger partial charge is 0.0697 e. The molecule has 19 heavy (non-hydrogen) atoms. The fourth-order valence-electron chi connectivity index (χ4n) is 2.53. The van der Waals surface area contributed by atoms with Gasteiger partial charge in [-0.25, -0.2) is 0 Å². The maximum atomic E-state index is 5.73. The van der Waals surface area contributed by atoms with Crippen molar-refractivity contribution in [2.45, 2.75) is 38.0 Å². The van der Waals surface area contributed by atoms with Crippen LogP contribution in [0.5, 0.6) is 0 Å². The van der Waals surface area contributed by atoms with Crippen LogP contribution >= 0.6 is 15.9 Å². The van der Waals surface area contributed by atoms with E-state index in [-0.39, 0.29) is 6.04 Å². The van der Waals surface area contributed by atoms with Gasteiger partial charge in [0.05, 0.1) is 41.7 Å². The van der Waals surface area contributed by atoms with Crippen molar-refractivity contribution in [1.82, 2.24) is 15.1 Å². The number of hydrogen-bond acceptors (Lipinski definition) is 4. The molecule has 0 aromatic carbocycles. The summed E-state index contributed by atoms with van der Waals surface area (Å²) in [5.41, 5.74) is 1.18. The van der Waals surface area contributed by atoms with E-state index in [1.807, 2.05) is 17.9 Å². The minimum Gasteiger partial charge on any atom is -0.383 e. The topological polar surface area (TPSA) is 48.3 Å². The lowest BCUT2D eigenvalue weighted by Gasteiger charge is -2.21. The molecule has 1 aliphatic heterocycles. The summed E-state index contributed by atoms with van der Waals surface area (Å²) in [6.45, 7) is 2.32. The van der Waals surface area contributed by atoms with Crippen LogP contribution in [0.4, 0.5) is 0 Å². The molecule has 0 bridgehead atoms. The molecular formula is C13H22BrN3O2. The number of hydrogen-bond donors (Lipinski definition) is 1. The number of nitrogens with one attached hydrogen (secondary N) is 1. The molecule has 1 aromatic heterocycles. The van der Waals surface area contributed by atoms with Crippen molar-refractivity contribution in [2.75, 3.05) is 27.4 Å². The van der Waals surface area contributed by atoms with Gasteiger partial charge in [-0.2, -0.15) is 5.10 Å². The van der Waals surface area contributed by atoms with E-state index in [2.05, 4.69) is 26.3 Å². The number of ether oxygens (including phenoxy) is 2. The molecule has 1 aliphatic rings. The average molecular weight is 332 g/mol. The SMILES string of the molecule is CNC(CC1CCCO1)c1c(Br)cnn1CCOC. The number of nitrogens with zero attached hydrogens (tertiary/aromatic N) is 2. The van der Waals surface area contributed by atoms with Crippen LogP contribution in [0, 0.1) is 0 Å². The highest BCUT2D eigenvalue weighted by molar-refractivity contribution is 9.10. The van der Waals surface area contributed by atoms with E-state index < -0.39 is 0 Å². The highest BCUT2D eigenvalue weighted by Gasteiger charge is 2.25. The van der Waals surface area contributed by atoms with Crippen LogP contribution in [0.2, 0.25) is 0 Å². The molecule has 0 radical (unpaired) electrons. The van der Waals surface area contributed by atoms with E-state index >= 15 is 0 Å². The van der Waals surface area contributed by atoms with Crippen molar-refractivity contribution in [2.24, 2.45) is 0 Å². The van der Waals surface area contributed by atoms with Gasteiger partial charge in [-0.15, -0.1) is 0 Å². The first-order valence-corrected chi connectivity index (χ1v) is 7.54. The Morgan fingerprint density at radius 3 is 3.16 bits per heavy atom. The monoisotopic (exact) mass is 331 g/mol. The predicted molar refractivity (Wildman–Crippen MR) is 77.2 cm³/mol. The summed E-state index contributed by atoms with van der Waals surface area (Å²) in [7, 11) is 3.69. The predicted octanol–water partition coefficient (Wildman–Crippen LogP) is 2.12. The quantitative estimate of drug-likeness (QED) is 0.831. The van der Waals surface area contributed by atoms with Gasteiger partial charge in [0.15, 0.2) is 0 Å². The van der Waals surface area contributed by atoms with Gasteiger partial charge in [0.1, 0.15) is 0 Å². The first-order valence-electron chi connectivity index (χ1n) is 6.75. The van der Waals surface area contributed by atoms with Crippen LogP contribution in [0.3, 0.4) is 0 Å². The molecule has 6 heteroatoms. The largest absolute Gasteiger partial charge is 0.383 e. The molecule has 1 N–H and O–H groups in total. The van der Waals surface area contributed by atoms with Gasteiger partial charge in [-0.3, -0.25) is 4.68 Å². The summed E-state index contributed by atoms with van der Waals surface area (Å²) in [5, 5.41) is 7.78. The third kappa shape index (κ3) is 3.78. The van der Waals surface area contributed by atoms with Crippen LogP contribution in [0.15, 0.2) is 10.7 Å². The minimum absolute atomic E-state index is 0.247. The van der Waals surface area contributed by atoms with E-state index in [9.17, 15) is 0 Å². The normalized spacial score (nSPS) is 20.9. The standard InChI is InChI=1S/C13H22BrN3O2/c1-15-12(8-10-4-3-6-19-10)13-11(14)9-16-17(13)5-7-18-2/h9-10,12,15H,3-8H2,1-2H3. The molecular weight excluding hydrogens is 310 g/mol. The fraction of sp³-hybridized carbons (Fsp3) is 0.769. The summed E-state index contributed by atoms with van der Waals surface area (Å²) in [6.07, 6.45) is 5.52. The van der Waals surface area contributed by atoms with E-state index in [1.165, 1.54) is 12.1 Å². The number of aromatic nitrogens is 2. The lowest BCUT2D eigenvalue weighted by molar-refractivity contribution is 0.0940. The Balaban J connectivity index is 2.09. The van der Waals surface area contributed by atoms with Crippen molar-refractivity contribution in [3.05, 3.63) is 16.4 Å². The number of methoxy groups -OCH3 is 1. The average Bonchev–Trinajstić information content (AvgIpc) is 3.04. The molecule has 2 atom stereocenters. The number of rotatable bonds is 7. The third-order valence-corrected chi connectivity index (χ3v) is 4.15. The van der Waals surface area contributed by atoms with Crippen LogP contribution in [0.25, 0.3) is 0 Å². The Morgan fingerprint density at radius 2 is 2.53 bits per heavy atom. The lowest BCUT2D eigenvalue weighted by atomic mass is 10.0. The number of halogens is 1. The second kappa shape index (κ2) is 7.38. The van der Waals surface area contributed by atoms with Gasteiger partial charge in [-0.05, 0) is 42.2 Å². The second-order valence-electron chi connectivity index (χ2n) is 4.81. The Hall–Kier alpha value is -0.430. The Bertz CT molecular complexity index is 391. The first kappa shape index (κ1) is 15.0. The summed E-state index contributed by atoms with van der Waals surface area (Å²) in [6, 6.07) is 0.247. The molecule has 1 saturated heterocycles. The fourth-order valence-corrected chi connectivity index (χ4v) is 3.11. The van der Waals surface area contributed by atoms with Crippen LogP contribution in [0.1, 0.15) is 31.0 Å². The molecule has 5 nitrogen and oxygen atoms in total. The van der Waals surface area contributed by atoms with Crippen molar-refractivity contribution in [3.63, 3.8) is 0 Å². The van der Waals surface area contributed by atoms with E-state index in [1.54, 1.807) is 7.11 Å². The van der Waals surface area contributed by atoms with E-state index in [0.717, 1.165) is 30.5 Å². The van der Waals surface area contributed by atoms with Gasteiger partial charge < -0.3 is 14.8 Å². The summed E-state index contributed by atoms with van der Waals surface area (Å²) < 4.78 is 13.9. The summed E-state index contributed by atoms with van der Waals surface area (Å²) in [4.78, 5) is 0. The minimum atomic E-state index is 0.247. The van der Waals surface area contributed by atoms with Gasteiger partial charge in [0.2, 0.25) is 0 Å². The molecule has 0 amide bonds. The van der Waals surface area contributed by atoms with Crippen molar-refractivity contribution >= 4 is 15.9 Å². The molecule has 1 fully saturated rings. The highest BCUT2D eigenvalue weighted by atomic mass is 79.9. The first-order chi connectivity index (χ1) is 9.26. The zero-order valence-electron chi connectivity index (χ0n) is 11.6. The lowest BCUT2D eigenvalue weighted by Crippen LogP contribution is -2.25. The van der Waals surface area contributed by atoms with Crippen molar-refractivity contribution in [3.8, 4) is 0 Å². The molecule has 0 aliphatic carbocycles. The zero-order valence-corrected chi connectivity index (χ0v) is 13.1. The summed E-state index contributed by atoms with van der Waals surface area (Å²) >= 11 is 3.59. The van der Waals surface area contributed by atoms with E-state index in [0.29, 0.717) is 12.7 Å². The highest BCUT2D eigenvalue weighted by Crippen LogP contribution is 2.29. The van der Waals surface area contributed by atoms with Crippen molar-refractivity contribution < 1.29 is 9.47 Å². The van der Waals surface area contributed by atoms with Gasteiger partial charge >= 0.3 is 0 Å². The molecule has 0 spiro atoms. The third-order valence-electron chi connectivity index (χ3n) is 3.54. The Labute approximate surface area is 122 Å². The van der Waals surface area contributed by atoms with Crippen LogP contribution in [-0.4, -0.2) is 43.3 Å². The van der Waals surface area contributed by atoms with Crippen molar-refractivity contribution in [1.29, 1.82) is 0 Å². The second-order valence-corrected chi connectivity index (χ2v) is 5.66. The van der Waals surface area contributed by atoms with Gasteiger partial charge in [-0.1, -0.05) is 0 Å².